The number of aromatic nitrogens is 2. The molecule has 1 saturated carbocycles. The standard InChI is InChI=1S/C15H21N3O2/c1-11(12-5-3-4-6-12)13(19)18-9-15(20,10-18)14-16-7-8-17(14)2/h7-8,20H,3-6,9-10H2,1-2H3. The van der Waals surface area contributed by atoms with Crippen LogP contribution in [0, 0.1) is 0 Å². The molecule has 2 aliphatic rings. The summed E-state index contributed by atoms with van der Waals surface area (Å²) in [6, 6.07) is 0. The Bertz CT molecular complexity index is 559. The van der Waals surface area contributed by atoms with E-state index in [1.807, 2.05) is 24.7 Å². The van der Waals surface area contributed by atoms with E-state index in [0.29, 0.717) is 18.9 Å². The first-order valence-corrected chi connectivity index (χ1v) is 7.19. The van der Waals surface area contributed by atoms with Gasteiger partial charge in [-0.1, -0.05) is 5.57 Å². The van der Waals surface area contributed by atoms with E-state index in [2.05, 4.69) is 4.98 Å². The van der Waals surface area contributed by atoms with Crippen LogP contribution in [0.4, 0.5) is 0 Å². The molecule has 0 unspecified atom stereocenters. The predicted molar refractivity (Wildman–Crippen MR) is 74.9 cm³/mol. The van der Waals surface area contributed by atoms with Crippen molar-refractivity contribution >= 4 is 5.91 Å². The van der Waals surface area contributed by atoms with Gasteiger partial charge in [-0.3, -0.25) is 4.79 Å². The predicted octanol–water partition coefficient (Wildman–Crippen LogP) is 1.34. The SMILES string of the molecule is CC(C(=O)N1CC(O)(c2nccn2C)C1)=C1CCCC1. The van der Waals surface area contributed by atoms with Gasteiger partial charge in [-0.25, -0.2) is 4.98 Å². The van der Waals surface area contributed by atoms with Gasteiger partial charge < -0.3 is 14.6 Å². The third-order valence-electron chi connectivity index (χ3n) is 4.49. The van der Waals surface area contributed by atoms with E-state index < -0.39 is 5.60 Å². The highest BCUT2D eigenvalue weighted by atomic mass is 16.3. The van der Waals surface area contributed by atoms with Crippen molar-refractivity contribution in [2.45, 2.75) is 38.2 Å². The van der Waals surface area contributed by atoms with Gasteiger partial charge in [0.15, 0.2) is 5.60 Å². The number of rotatable bonds is 2. The molecule has 0 spiro atoms. The van der Waals surface area contributed by atoms with Gasteiger partial charge in [0, 0.05) is 25.0 Å². The summed E-state index contributed by atoms with van der Waals surface area (Å²) in [7, 11) is 1.86. The van der Waals surface area contributed by atoms with Gasteiger partial charge >= 0.3 is 0 Å². The molecule has 3 rings (SSSR count). The largest absolute Gasteiger partial charge is 0.378 e. The number of carbonyl (C=O) groups is 1. The van der Waals surface area contributed by atoms with Gasteiger partial charge in [0.25, 0.3) is 0 Å². The summed E-state index contributed by atoms with van der Waals surface area (Å²) in [4.78, 5) is 18.3. The lowest BCUT2D eigenvalue weighted by Crippen LogP contribution is -2.62. The summed E-state index contributed by atoms with van der Waals surface area (Å²) < 4.78 is 1.81. The number of nitrogens with zero attached hydrogens (tertiary/aromatic N) is 3. The van der Waals surface area contributed by atoms with Gasteiger partial charge in [-0.15, -0.1) is 0 Å². The molecule has 1 aliphatic carbocycles. The molecule has 1 amide bonds. The number of carbonyl (C=O) groups excluding carboxylic acids is 1. The molecular weight excluding hydrogens is 254 g/mol. The number of amides is 1. The lowest BCUT2D eigenvalue weighted by atomic mass is 9.91. The van der Waals surface area contributed by atoms with Crippen LogP contribution in [-0.2, 0) is 17.4 Å². The minimum atomic E-state index is -0.992. The maximum absolute atomic E-state index is 12.4. The Morgan fingerprint density at radius 3 is 2.55 bits per heavy atom. The molecule has 1 aromatic heterocycles. The maximum atomic E-state index is 12.4. The van der Waals surface area contributed by atoms with E-state index in [0.717, 1.165) is 18.4 Å². The Morgan fingerprint density at radius 2 is 2.00 bits per heavy atom. The molecule has 0 aromatic carbocycles. The second-order valence-corrected chi connectivity index (χ2v) is 5.99. The number of allylic oxidation sites excluding steroid dienone is 1. The normalized spacial score (nSPS) is 20.9. The van der Waals surface area contributed by atoms with Crippen LogP contribution in [0.15, 0.2) is 23.5 Å². The number of hydrogen-bond donors (Lipinski definition) is 1. The van der Waals surface area contributed by atoms with Crippen LogP contribution in [0.2, 0.25) is 0 Å². The molecule has 0 bridgehead atoms. The van der Waals surface area contributed by atoms with Crippen molar-refractivity contribution in [1.82, 2.24) is 14.5 Å². The fourth-order valence-electron chi connectivity index (χ4n) is 3.25. The molecule has 20 heavy (non-hydrogen) atoms. The van der Waals surface area contributed by atoms with E-state index in [4.69, 9.17) is 0 Å². The van der Waals surface area contributed by atoms with Crippen molar-refractivity contribution in [2.75, 3.05) is 13.1 Å². The van der Waals surface area contributed by atoms with Crippen LogP contribution in [-0.4, -0.2) is 38.6 Å². The smallest absolute Gasteiger partial charge is 0.249 e. The first kappa shape index (κ1) is 13.4. The third-order valence-corrected chi connectivity index (χ3v) is 4.49. The average molecular weight is 275 g/mol. The molecule has 108 valence electrons. The summed E-state index contributed by atoms with van der Waals surface area (Å²) >= 11 is 0. The number of imidazole rings is 1. The Kier molecular flexibility index (Phi) is 3.17. The number of β-amino-alcohol motifs (C(OH)–C–C–N with tert-alkyl or cyclic N) is 1. The second-order valence-electron chi connectivity index (χ2n) is 5.99. The first-order chi connectivity index (χ1) is 9.51. The summed E-state index contributed by atoms with van der Waals surface area (Å²) in [5.41, 5.74) is 1.18. The Morgan fingerprint density at radius 1 is 1.35 bits per heavy atom. The Labute approximate surface area is 118 Å². The molecule has 1 saturated heterocycles. The lowest BCUT2D eigenvalue weighted by Gasteiger charge is -2.45. The molecular formula is C15H21N3O2. The van der Waals surface area contributed by atoms with E-state index in [9.17, 15) is 9.90 Å². The highest BCUT2D eigenvalue weighted by molar-refractivity contribution is 5.94. The van der Waals surface area contributed by atoms with Crippen molar-refractivity contribution in [3.63, 3.8) is 0 Å². The van der Waals surface area contributed by atoms with Gasteiger partial charge in [-0.05, 0) is 32.6 Å². The van der Waals surface area contributed by atoms with Crippen molar-refractivity contribution < 1.29 is 9.90 Å². The van der Waals surface area contributed by atoms with Gasteiger partial charge in [0.05, 0.1) is 13.1 Å². The molecule has 2 heterocycles. The van der Waals surface area contributed by atoms with Crippen molar-refractivity contribution in [3.8, 4) is 0 Å². The molecule has 5 heteroatoms. The Hall–Kier alpha value is -1.62. The highest BCUT2D eigenvalue weighted by Gasteiger charge is 2.47. The number of aryl methyl sites for hydroxylation is 1. The fraction of sp³-hybridized carbons (Fsp3) is 0.600. The molecule has 2 fully saturated rings. The molecule has 1 aromatic rings. The van der Waals surface area contributed by atoms with Crippen LogP contribution >= 0.6 is 0 Å². The zero-order valence-corrected chi connectivity index (χ0v) is 12.1. The first-order valence-electron chi connectivity index (χ1n) is 7.19. The van der Waals surface area contributed by atoms with Crippen molar-refractivity contribution in [1.29, 1.82) is 0 Å². The van der Waals surface area contributed by atoms with Gasteiger partial charge in [0.1, 0.15) is 5.82 Å². The number of hydrogen-bond acceptors (Lipinski definition) is 3. The van der Waals surface area contributed by atoms with E-state index >= 15 is 0 Å². The molecule has 0 atom stereocenters. The minimum Gasteiger partial charge on any atom is -0.378 e. The molecule has 5 nitrogen and oxygen atoms in total. The van der Waals surface area contributed by atoms with E-state index in [1.54, 1.807) is 11.1 Å². The monoisotopic (exact) mass is 275 g/mol. The quantitative estimate of drug-likeness (QED) is 0.829. The topological polar surface area (TPSA) is 58.4 Å². The molecule has 1 N–H and O–H groups in total. The van der Waals surface area contributed by atoms with E-state index in [-0.39, 0.29) is 5.91 Å². The number of likely N-dealkylation sites (tertiary alicyclic amines) is 1. The molecule has 1 aliphatic heterocycles. The lowest BCUT2D eigenvalue weighted by molar-refractivity contribution is -0.155. The summed E-state index contributed by atoms with van der Waals surface area (Å²) in [6.07, 6.45) is 7.96. The highest BCUT2D eigenvalue weighted by Crippen LogP contribution is 2.33. The zero-order chi connectivity index (χ0) is 14.3. The maximum Gasteiger partial charge on any atom is 0.249 e. The summed E-state index contributed by atoms with van der Waals surface area (Å²) in [6.45, 7) is 2.59. The fourth-order valence-corrected chi connectivity index (χ4v) is 3.25. The zero-order valence-electron chi connectivity index (χ0n) is 12.1. The number of aliphatic hydroxyl groups is 1. The van der Waals surface area contributed by atoms with Gasteiger partial charge in [0.2, 0.25) is 5.91 Å². The van der Waals surface area contributed by atoms with Crippen LogP contribution in [0.3, 0.4) is 0 Å². The van der Waals surface area contributed by atoms with Crippen LogP contribution in [0.1, 0.15) is 38.4 Å². The van der Waals surface area contributed by atoms with Crippen LogP contribution in [0.5, 0.6) is 0 Å². The average Bonchev–Trinajstić information content (AvgIpc) is 3.04. The van der Waals surface area contributed by atoms with Crippen LogP contribution < -0.4 is 0 Å². The minimum absolute atomic E-state index is 0.0702. The molecule has 0 radical (unpaired) electrons. The summed E-state index contributed by atoms with van der Waals surface area (Å²) in [5.74, 6) is 0.702. The van der Waals surface area contributed by atoms with E-state index in [1.165, 1.54) is 18.4 Å². The Balaban J connectivity index is 1.70. The van der Waals surface area contributed by atoms with Crippen molar-refractivity contribution in [2.24, 2.45) is 7.05 Å². The van der Waals surface area contributed by atoms with Gasteiger partial charge in [-0.2, -0.15) is 0 Å². The second kappa shape index (κ2) is 4.74. The van der Waals surface area contributed by atoms with Crippen molar-refractivity contribution in [3.05, 3.63) is 29.4 Å². The summed E-state index contributed by atoms with van der Waals surface area (Å²) in [5, 5.41) is 10.5. The third kappa shape index (κ3) is 2.06. The van der Waals surface area contributed by atoms with Crippen LogP contribution in [0.25, 0.3) is 0 Å².